The van der Waals surface area contributed by atoms with Crippen LogP contribution in [0.3, 0.4) is 0 Å². The summed E-state index contributed by atoms with van der Waals surface area (Å²) in [6.07, 6.45) is 3.41. The van der Waals surface area contributed by atoms with Crippen molar-refractivity contribution >= 4 is 0 Å². The number of hydrogen-bond donors (Lipinski definition) is 0. The van der Waals surface area contributed by atoms with E-state index in [1.807, 2.05) is 20.9 Å². The molecular formula is C13H14F2N2. The van der Waals surface area contributed by atoms with Crippen molar-refractivity contribution in [1.82, 2.24) is 9.55 Å². The summed E-state index contributed by atoms with van der Waals surface area (Å²) in [6.45, 7) is 3.67. The molecule has 2 rings (SSSR count). The first-order chi connectivity index (χ1) is 7.99. The van der Waals surface area contributed by atoms with Gasteiger partial charge in [-0.3, -0.25) is 0 Å². The van der Waals surface area contributed by atoms with Gasteiger partial charge in [0.25, 0.3) is 0 Å². The molecule has 0 saturated carbocycles. The van der Waals surface area contributed by atoms with Crippen LogP contribution in [0.2, 0.25) is 0 Å². The highest BCUT2D eigenvalue weighted by Gasteiger charge is 2.15. The molecule has 2 nitrogen and oxygen atoms in total. The van der Waals surface area contributed by atoms with E-state index in [9.17, 15) is 8.78 Å². The number of aryl methyl sites for hydroxylation is 1. The molecule has 1 aromatic heterocycles. The van der Waals surface area contributed by atoms with Gasteiger partial charge < -0.3 is 4.57 Å². The number of imidazole rings is 1. The summed E-state index contributed by atoms with van der Waals surface area (Å²) in [4.78, 5) is 4.13. The molecule has 0 amide bonds. The molecule has 0 spiro atoms. The van der Waals surface area contributed by atoms with Crippen LogP contribution in [0.4, 0.5) is 8.78 Å². The minimum atomic E-state index is -0.822. The highest BCUT2D eigenvalue weighted by molar-refractivity contribution is 5.60. The molecule has 0 saturated heterocycles. The Balaban J connectivity index is 2.56. The Hall–Kier alpha value is -1.71. The molecule has 0 aliphatic carbocycles. The normalized spacial score (nSPS) is 11.2. The third-order valence-corrected chi connectivity index (χ3v) is 2.68. The van der Waals surface area contributed by atoms with Crippen LogP contribution in [-0.4, -0.2) is 9.55 Å². The Labute approximate surface area is 98.9 Å². The summed E-state index contributed by atoms with van der Waals surface area (Å²) in [5.41, 5.74) is 1.63. The molecule has 0 N–H and O–H groups in total. The lowest BCUT2D eigenvalue weighted by molar-refractivity contribution is 0.494. The maximum Gasteiger partial charge on any atom is 0.162 e. The summed E-state index contributed by atoms with van der Waals surface area (Å²) in [5.74, 6) is -1.65. The second-order valence-corrected chi connectivity index (χ2v) is 4.44. The van der Waals surface area contributed by atoms with Crippen LogP contribution in [0, 0.1) is 11.6 Å². The molecule has 0 atom stereocenters. The number of halogens is 2. The second kappa shape index (κ2) is 4.28. The van der Waals surface area contributed by atoms with Crippen LogP contribution < -0.4 is 0 Å². The van der Waals surface area contributed by atoms with Crippen molar-refractivity contribution in [3.8, 4) is 11.3 Å². The third-order valence-electron chi connectivity index (χ3n) is 2.68. The molecule has 0 unspecified atom stereocenters. The highest BCUT2D eigenvalue weighted by Crippen LogP contribution is 2.27. The summed E-state index contributed by atoms with van der Waals surface area (Å²) < 4.78 is 28.8. The zero-order chi connectivity index (χ0) is 12.6. The molecule has 90 valence electrons. The van der Waals surface area contributed by atoms with Gasteiger partial charge in [0.15, 0.2) is 11.6 Å². The lowest BCUT2D eigenvalue weighted by atomic mass is 9.99. The van der Waals surface area contributed by atoms with E-state index in [2.05, 4.69) is 4.98 Å². The predicted molar refractivity (Wildman–Crippen MR) is 62.6 cm³/mol. The van der Waals surface area contributed by atoms with Crippen molar-refractivity contribution in [3.05, 3.63) is 41.9 Å². The fraction of sp³-hybridized carbons (Fsp3) is 0.308. The number of benzene rings is 1. The topological polar surface area (TPSA) is 17.8 Å². The SMILES string of the molecule is CC(C)c1cc(-c2cn(C)cn2)cc(F)c1F. The Bertz CT molecular complexity index is 544. The van der Waals surface area contributed by atoms with E-state index in [4.69, 9.17) is 0 Å². The quantitative estimate of drug-likeness (QED) is 0.780. The largest absolute Gasteiger partial charge is 0.340 e. The van der Waals surface area contributed by atoms with E-state index in [-0.39, 0.29) is 5.92 Å². The third kappa shape index (κ3) is 2.20. The zero-order valence-electron chi connectivity index (χ0n) is 10.0. The van der Waals surface area contributed by atoms with Crippen molar-refractivity contribution in [3.63, 3.8) is 0 Å². The number of hydrogen-bond acceptors (Lipinski definition) is 1. The van der Waals surface area contributed by atoms with Crippen LogP contribution in [0.25, 0.3) is 11.3 Å². The van der Waals surface area contributed by atoms with E-state index >= 15 is 0 Å². The van der Waals surface area contributed by atoms with Gasteiger partial charge in [-0.1, -0.05) is 13.8 Å². The molecule has 2 aromatic rings. The van der Waals surface area contributed by atoms with Gasteiger partial charge in [-0.2, -0.15) is 0 Å². The first-order valence-electron chi connectivity index (χ1n) is 5.46. The Morgan fingerprint density at radius 2 is 1.94 bits per heavy atom. The van der Waals surface area contributed by atoms with Crippen LogP contribution in [-0.2, 0) is 7.05 Å². The molecule has 17 heavy (non-hydrogen) atoms. The van der Waals surface area contributed by atoms with Crippen LogP contribution >= 0.6 is 0 Å². The molecule has 0 bridgehead atoms. The fourth-order valence-electron chi connectivity index (χ4n) is 1.74. The molecule has 4 heteroatoms. The van der Waals surface area contributed by atoms with Crippen molar-refractivity contribution < 1.29 is 8.78 Å². The second-order valence-electron chi connectivity index (χ2n) is 4.44. The number of nitrogens with zero attached hydrogens (tertiary/aromatic N) is 2. The number of rotatable bonds is 2. The smallest absolute Gasteiger partial charge is 0.162 e. The van der Waals surface area contributed by atoms with Gasteiger partial charge in [0.05, 0.1) is 12.0 Å². The van der Waals surface area contributed by atoms with Gasteiger partial charge in [0, 0.05) is 18.8 Å². The molecule has 0 fully saturated rings. The minimum Gasteiger partial charge on any atom is -0.340 e. The van der Waals surface area contributed by atoms with Gasteiger partial charge in [0.2, 0.25) is 0 Å². The maximum atomic E-state index is 13.6. The molecule has 1 heterocycles. The summed E-state index contributed by atoms with van der Waals surface area (Å²) in [7, 11) is 1.83. The van der Waals surface area contributed by atoms with Crippen LogP contribution in [0.5, 0.6) is 0 Å². The first-order valence-corrected chi connectivity index (χ1v) is 5.46. The van der Waals surface area contributed by atoms with Crippen molar-refractivity contribution in [2.45, 2.75) is 19.8 Å². The molecule has 1 aromatic carbocycles. The lowest BCUT2D eigenvalue weighted by Gasteiger charge is -2.09. The summed E-state index contributed by atoms with van der Waals surface area (Å²) in [5, 5.41) is 0. The highest BCUT2D eigenvalue weighted by atomic mass is 19.2. The van der Waals surface area contributed by atoms with Gasteiger partial charge in [-0.05, 0) is 23.6 Å². The lowest BCUT2D eigenvalue weighted by Crippen LogP contribution is -1.98. The fourth-order valence-corrected chi connectivity index (χ4v) is 1.74. The molecule has 0 radical (unpaired) electrons. The van der Waals surface area contributed by atoms with E-state index in [0.717, 1.165) is 0 Å². The Morgan fingerprint density at radius 3 is 2.47 bits per heavy atom. The Kier molecular flexibility index (Phi) is 2.96. The monoisotopic (exact) mass is 236 g/mol. The van der Waals surface area contributed by atoms with Crippen LogP contribution in [0.1, 0.15) is 25.3 Å². The van der Waals surface area contributed by atoms with Crippen molar-refractivity contribution in [2.24, 2.45) is 7.05 Å². The zero-order valence-corrected chi connectivity index (χ0v) is 10.0. The van der Waals surface area contributed by atoms with E-state index in [1.165, 1.54) is 6.07 Å². The van der Waals surface area contributed by atoms with Gasteiger partial charge in [-0.15, -0.1) is 0 Å². The van der Waals surface area contributed by atoms with Crippen molar-refractivity contribution in [2.75, 3.05) is 0 Å². The maximum absolute atomic E-state index is 13.6. The average Bonchev–Trinajstić information content (AvgIpc) is 2.68. The van der Waals surface area contributed by atoms with Gasteiger partial charge in [-0.25, -0.2) is 13.8 Å². The molecule has 0 aliphatic heterocycles. The predicted octanol–water partition coefficient (Wildman–Crippen LogP) is 3.49. The Morgan fingerprint density at radius 1 is 1.24 bits per heavy atom. The molecular weight excluding hydrogens is 222 g/mol. The first kappa shape index (κ1) is 11.8. The van der Waals surface area contributed by atoms with E-state index in [1.54, 1.807) is 23.2 Å². The van der Waals surface area contributed by atoms with Crippen molar-refractivity contribution in [1.29, 1.82) is 0 Å². The average molecular weight is 236 g/mol. The summed E-state index contributed by atoms with van der Waals surface area (Å²) >= 11 is 0. The number of aromatic nitrogens is 2. The molecule has 0 aliphatic rings. The standard InChI is InChI=1S/C13H14F2N2/c1-8(2)10-4-9(5-11(14)13(10)15)12-6-17(3)7-16-12/h4-8H,1-3H3. The van der Waals surface area contributed by atoms with Crippen LogP contribution in [0.15, 0.2) is 24.7 Å². The van der Waals surface area contributed by atoms with E-state index in [0.29, 0.717) is 16.8 Å². The summed E-state index contributed by atoms with van der Waals surface area (Å²) in [6, 6.07) is 2.84. The van der Waals surface area contributed by atoms with Gasteiger partial charge in [0.1, 0.15) is 0 Å². The van der Waals surface area contributed by atoms with E-state index < -0.39 is 11.6 Å². The van der Waals surface area contributed by atoms with Gasteiger partial charge >= 0.3 is 0 Å². The minimum absolute atomic E-state index is 0.0619.